The first-order chi connectivity index (χ1) is 6.86. The lowest BCUT2D eigenvalue weighted by Gasteiger charge is -2.15. The van der Waals surface area contributed by atoms with Crippen LogP contribution in [-0.4, -0.2) is 4.98 Å². The molecule has 1 heterocycles. The second-order valence-electron chi connectivity index (χ2n) is 3.75. The van der Waals surface area contributed by atoms with Crippen molar-refractivity contribution in [1.29, 1.82) is 0 Å². The Morgan fingerprint density at radius 3 is 2.27 bits per heavy atom. The quantitative estimate of drug-likeness (QED) is 0.734. The molecule has 0 spiro atoms. The molecule has 1 aromatic rings. The largest absolute Gasteiger partial charge is 0.433 e. The predicted octanol–water partition coefficient (Wildman–Crippen LogP) is 3.79. The van der Waals surface area contributed by atoms with Crippen molar-refractivity contribution in [2.75, 3.05) is 0 Å². The molecular weight excluding hydrogens is 203 g/mol. The number of rotatable bonds is 2. The summed E-state index contributed by atoms with van der Waals surface area (Å²) < 4.78 is 38.0. The highest BCUT2D eigenvalue weighted by Crippen LogP contribution is 2.33. The molecule has 0 radical (unpaired) electrons. The molecule has 0 saturated heterocycles. The molecule has 0 unspecified atom stereocenters. The molecule has 1 aromatic heterocycles. The van der Waals surface area contributed by atoms with Crippen LogP contribution in [0.5, 0.6) is 0 Å². The number of hydrogen-bond acceptors (Lipinski definition) is 1. The minimum Gasteiger partial charge on any atom is -0.248 e. The van der Waals surface area contributed by atoms with E-state index in [0.717, 1.165) is 0 Å². The first-order valence-corrected chi connectivity index (χ1v) is 4.93. The summed E-state index contributed by atoms with van der Waals surface area (Å²) in [4.78, 5) is 3.66. The van der Waals surface area contributed by atoms with Crippen molar-refractivity contribution in [2.24, 2.45) is 0 Å². The van der Waals surface area contributed by atoms with Gasteiger partial charge in [0.15, 0.2) is 0 Å². The van der Waals surface area contributed by atoms with E-state index in [0.29, 0.717) is 12.1 Å². The average Bonchev–Trinajstić information content (AvgIpc) is 2.15. The van der Waals surface area contributed by atoms with Gasteiger partial charge in [-0.25, -0.2) is 4.98 Å². The molecule has 0 amide bonds. The van der Waals surface area contributed by atoms with E-state index >= 15 is 0 Å². The zero-order chi connectivity index (χ0) is 11.6. The number of halogens is 3. The van der Waals surface area contributed by atoms with Gasteiger partial charge < -0.3 is 0 Å². The van der Waals surface area contributed by atoms with Gasteiger partial charge in [0, 0.05) is 5.69 Å². The van der Waals surface area contributed by atoms with Crippen molar-refractivity contribution in [3.05, 3.63) is 29.1 Å². The van der Waals surface area contributed by atoms with Crippen LogP contribution in [0.3, 0.4) is 0 Å². The van der Waals surface area contributed by atoms with Gasteiger partial charge in [0.05, 0.1) is 0 Å². The van der Waals surface area contributed by atoms with E-state index in [9.17, 15) is 13.2 Å². The van der Waals surface area contributed by atoms with E-state index < -0.39 is 11.9 Å². The van der Waals surface area contributed by atoms with Gasteiger partial charge in [0.2, 0.25) is 0 Å². The number of alkyl halides is 3. The predicted molar refractivity (Wildman–Crippen MR) is 52.7 cm³/mol. The summed E-state index contributed by atoms with van der Waals surface area (Å²) in [5.74, 6) is -0.167. The molecule has 1 rings (SSSR count). The van der Waals surface area contributed by atoms with Crippen LogP contribution in [0.15, 0.2) is 12.1 Å². The van der Waals surface area contributed by atoms with Crippen molar-refractivity contribution in [3.63, 3.8) is 0 Å². The van der Waals surface area contributed by atoms with E-state index in [1.54, 1.807) is 26.8 Å². The fourth-order valence-corrected chi connectivity index (χ4v) is 1.40. The van der Waals surface area contributed by atoms with Gasteiger partial charge in [-0.2, -0.15) is 13.2 Å². The monoisotopic (exact) mass is 217 g/mol. The smallest absolute Gasteiger partial charge is 0.248 e. The standard InChI is InChI=1S/C11H14F3N/c1-4-8-5-6-9(7(2)3)10(15-8)11(12,13)14/h5-7H,4H2,1-3H3. The molecule has 1 nitrogen and oxygen atoms in total. The van der Waals surface area contributed by atoms with E-state index in [1.165, 1.54) is 6.07 Å². The maximum Gasteiger partial charge on any atom is 0.433 e. The minimum absolute atomic E-state index is 0.167. The van der Waals surface area contributed by atoms with Crippen molar-refractivity contribution in [1.82, 2.24) is 4.98 Å². The second kappa shape index (κ2) is 4.21. The molecule has 0 bridgehead atoms. The highest BCUT2D eigenvalue weighted by molar-refractivity contribution is 5.28. The van der Waals surface area contributed by atoms with Crippen LogP contribution >= 0.6 is 0 Å². The van der Waals surface area contributed by atoms with Gasteiger partial charge >= 0.3 is 6.18 Å². The maximum absolute atomic E-state index is 12.7. The lowest BCUT2D eigenvalue weighted by Crippen LogP contribution is -2.14. The topological polar surface area (TPSA) is 12.9 Å². The first-order valence-electron chi connectivity index (χ1n) is 4.93. The number of pyridine rings is 1. The van der Waals surface area contributed by atoms with Gasteiger partial charge in [-0.15, -0.1) is 0 Å². The summed E-state index contributed by atoms with van der Waals surface area (Å²) in [7, 11) is 0. The van der Waals surface area contributed by atoms with E-state index in [2.05, 4.69) is 4.98 Å². The van der Waals surface area contributed by atoms with Crippen molar-refractivity contribution in [2.45, 2.75) is 39.3 Å². The van der Waals surface area contributed by atoms with Crippen molar-refractivity contribution >= 4 is 0 Å². The molecule has 84 valence electrons. The Bertz CT molecular complexity index is 342. The van der Waals surface area contributed by atoms with Crippen molar-refractivity contribution in [3.8, 4) is 0 Å². The summed E-state index contributed by atoms with van der Waals surface area (Å²) in [6.07, 6.45) is -3.84. The van der Waals surface area contributed by atoms with Crippen LogP contribution < -0.4 is 0 Å². The molecule has 0 atom stereocenters. The van der Waals surface area contributed by atoms with E-state index in [4.69, 9.17) is 0 Å². The third-order valence-corrected chi connectivity index (χ3v) is 2.24. The Labute approximate surface area is 87.3 Å². The Balaban J connectivity index is 3.29. The van der Waals surface area contributed by atoms with Crippen LogP contribution in [0.2, 0.25) is 0 Å². The number of hydrogen-bond donors (Lipinski definition) is 0. The number of aryl methyl sites for hydroxylation is 1. The summed E-state index contributed by atoms with van der Waals surface area (Å²) in [5.41, 5.74) is 0.00303. The first kappa shape index (κ1) is 12.0. The maximum atomic E-state index is 12.7. The van der Waals surface area contributed by atoms with E-state index in [1.807, 2.05) is 0 Å². The molecule has 0 aliphatic carbocycles. The van der Waals surface area contributed by atoms with Crippen molar-refractivity contribution < 1.29 is 13.2 Å². The van der Waals surface area contributed by atoms with Crippen LogP contribution in [0, 0.1) is 0 Å². The van der Waals surface area contributed by atoms with E-state index in [-0.39, 0.29) is 11.5 Å². The molecule has 0 fully saturated rings. The summed E-state index contributed by atoms with van der Waals surface area (Å²) in [5, 5.41) is 0. The Hall–Kier alpha value is -1.06. The molecule has 4 heteroatoms. The number of nitrogens with zero attached hydrogens (tertiary/aromatic N) is 1. The summed E-state index contributed by atoms with van der Waals surface area (Å²) in [6, 6.07) is 3.18. The second-order valence-corrected chi connectivity index (χ2v) is 3.75. The minimum atomic E-state index is -4.36. The van der Waals surface area contributed by atoms with Crippen LogP contribution in [-0.2, 0) is 12.6 Å². The fraction of sp³-hybridized carbons (Fsp3) is 0.545. The Kier molecular flexibility index (Phi) is 3.37. The highest BCUT2D eigenvalue weighted by Gasteiger charge is 2.36. The van der Waals surface area contributed by atoms with Gasteiger partial charge in [0.1, 0.15) is 5.69 Å². The molecular formula is C11H14F3N. The fourth-order valence-electron chi connectivity index (χ4n) is 1.40. The van der Waals surface area contributed by atoms with Crippen LogP contribution in [0.4, 0.5) is 13.2 Å². The van der Waals surface area contributed by atoms with Crippen LogP contribution in [0.25, 0.3) is 0 Å². The van der Waals surface area contributed by atoms with Crippen LogP contribution in [0.1, 0.15) is 43.6 Å². The van der Waals surface area contributed by atoms with Gasteiger partial charge in [-0.3, -0.25) is 0 Å². The molecule has 0 aromatic carbocycles. The Morgan fingerprint density at radius 1 is 1.27 bits per heavy atom. The highest BCUT2D eigenvalue weighted by atomic mass is 19.4. The molecule has 0 saturated carbocycles. The van der Waals surface area contributed by atoms with Gasteiger partial charge in [-0.1, -0.05) is 26.8 Å². The lowest BCUT2D eigenvalue weighted by atomic mass is 10.0. The third kappa shape index (κ3) is 2.70. The molecule has 15 heavy (non-hydrogen) atoms. The third-order valence-electron chi connectivity index (χ3n) is 2.24. The summed E-state index contributed by atoms with van der Waals surface area (Å²) in [6.45, 7) is 5.26. The Morgan fingerprint density at radius 2 is 1.87 bits per heavy atom. The molecule has 0 aliphatic heterocycles. The molecule has 0 aliphatic rings. The molecule has 0 N–H and O–H groups in total. The normalized spacial score (nSPS) is 12.2. The zero-order valence-corrected chi connectivity index (χ0v) is 9.02. The SMILES string of the molecule is CCc1ccc(C(C)C)c(C(F)(F)F)n1. The summed E-state index contributed by atoms with van der Waals surface area (Å²) >= 11 is 0. The van der Waals surface area contributed by atoms with Gasteiger partial charge in [-0.05, 0) is 24.0 Å². The van der Waals surface area contributed by atoms with Gasteiger partial charge in [0.25, 0.3) is 0 Å². The zero-order valence-electron chi connectivity index (χ0n) is 9.02. The average molecular weight is 217 g/mol. The lowest BCUT2D eigenvalue weighted by molar-refractivity contribution is -0.142. The number of aromatic nitrogens is 1.